The highest BCUT2D eigenvalue weighted by Gasteiger charge is 2.32. The summed E-state index contributed by atoms with van der Waals surface area (Å²) in [6.45, 7) is 2.90. The number of ether oxygens (including phenoxy) is 2. The number of aliphatic hydroxyl groups is 1. The zero-order valence-corrected chi connectivity index (χ0v) is 7.12. The standard InChI is InChI=1S/C8H16O3/c1-6(5-9)8-7(10-2)3-4-11-8/h6-9H,3-5H2,1-2H3/t6-,7+,8-/m0/s1. The molecule has 0 aromatic heterocycles. The fourth-order valence-electron chi connectivity index (χ4n) is 1.48. The highest BCUT2D eigenvalue weighted by Crippen LogP contribution is 2.22. The molecule has 0 aromatic carbocycles. The van der Waals surface area contributed by atoms with Crippen LogP contribution in [0.5, 0.6) is 0 Å². The molecule has 0 amide bonds. The quantitative estimate of drug-likeness (QED) is 0.650. The highest BCUT2D eigenvalue weighted by molar-refractivity contribution is 4.80. The molecule has 0 aromatic rings. The van der Waals surface area contributed by atoms with Crippen LogP contribution in [0.25, 0.3) is 0 Å². The number of rotatable bonds is 3. The Balaban J connectivity index is 2.42. The van der Waals surface area contributed by atoms with Crippen LogP contribution in [0.1, 0.15) is 13.3 Å². The maximum Gasteiger partial charge on any atom is 0.0884 e. The van der Waals surface area contributed by atoms with Crippen molar-refractivity contribution in [1.29, 1.82) is 0 Å². The van der Waals surface area contributed by atoms with Crippen molar-refractivity contribution < 1.29 is 14.6 Å². The predicted octanol–water partition coefficient (Wildman–Crippen LogP) is 0.419. The van der Waals surface area contributed by atoms with Crippen LogP contribution in [0.3, 0.4) is 0 Å². The Bertz CT molecular complexity index is 116. The van der Waals surface area contributed by atoms with E-state index in [1.807, 2.05) is 6.92 Å². The van der Waals surface area contributed by atoms with Crippen molar-refractivity contribution in [3.63, 3.8) is 0 Å². The Morgan fingerprint density at radius 1 is 1.73 bits per heavy atom. The zero-order valence-electron chi connectivity index (χ0n) is 7.12. The van der Waals surface area contributed by atoms with Gasteiger partial charge < -0.3 is 14.6 Å². The van der Waals surface area contributed by atoms with Crippen LogP contribution in [0.15, 0.2) is 0 Å². The van der Waals surface area contributed by atoms with E-state index in [-0.39, 0.29) is 24.7 Å². The molecule has 3 heteroatoms. The fourth-order valence-corrected chi connectivity index (χ4v) is 1.48. The molecule has 1 rings (SSSR count). The minimum atomic E-state index is 0.0880. The molecule has 3 nitrogen and oxygen atoms in total. The van der Waals surface area contributed by atoms with Gasteiger partial charge in [-0.25, -0.2) is 0 Å². The first-order valence-corrected chi connectivity index (χ1v) is 4.05. The van der Waals surface area contributed by atoms with Crippen molar-refractivity contribution in [2.24, 2.45) is 5.92 Å². The molecule has 0 aliphatic carbocycles. The van der Waals surface area contributed by atoms with E-state index in [1.165, 1.54) is 0 Å². The molecule has 1 saturated heterocycles. The van der Waals surface area contributed by atoms with Gasteiger partial charge in [-0.2, -0.15) is 0 Å². The van der Waals surface area contributed by atoms with Gasteiger partial charge in [-0.3, -0.25) is 0 Å². The van der Waals surface area contributed by atoms with Crippen molar-refractivity contribution in [2.45, 2.75) is 25.6 Å². The van der Waals surface area contributed by atoms with Crippen molar-refractivity contribution >= 4 is 0 Å². The minimum Gasteiger partial charge on any atom is -0.396 e. The molecule has 3 atom stereocenters. The van der Waals surface area contributed by atoms with Crippen molar-refractivity contribution in [2.75, 3.05) is 20.3 Å². The molecule has 1 N–H and O–H groups in total. The molecule has 66 valence electrons. The number of hydrogen-bond donors (Lipinski definition) is 1. The maximum atomic E-state index is 8.87. The largest absolute Gasteiger partial charge is 0.396 e. The third-order valence-electron chi connectivity index (χ3n) is 2.23. The van der Waals surface area contributed by atoms with Crippen LogP contribution in [-0.4, -0.2) is 37.6 Å². The number of methoxy groups -OCH3 is 1. The molecule has 1 aliphatic rings. The highest BCUT2D eigenvalue weighted by atomic mass is 16.5. The van der Waals surface area contributed by atoms with Gasteiger partial charge in [0, 0.05) is 26.2 Å². The molecule has 0 radical (unpaired) electrons. The van der Waals surface area contributed by atoms with Crippen LogP contribution >= 0.6 is 0 Å². The first-order valence-electron chi connectivity index (χ1n) is 4.05. The predicted molar refractivity (Wildman–Crippen MR) is 41.4 cm³/mol. The van der Waals surface area contributed by atoms with Crippen molar-refractivity contribution in [3.8, 4) is 0 Å². The Morgan fingerprint density at radius 2 is 2.45 bits per heavy atom. The number of aliphatic hydroxyl groups excluding tert-OH is 1. The van der Waals surface area contributed by atoms with Crippen LogP contribution in [0.4, 0.5) is 0 Å². The Labute approximate surface area is 67.3 Å². The van der Waals surface area contributed by atoms with E-state index in [9.17, 15) is 0 Å². The summed E-state index contributed by atoms with van der Waals surface area (Å²) in [7, 11) is 1.69. The van der Waals surface area contributed by atoms with Gasteiger partial charge in [-0.1, -0.05) is 6.92 Å². The van der Waals surface area contributed by atoms with Crippen molar-refractivity contribution in [1.82, 2.24) is 0 Å². The molecule has 1 aliphatic heterocycles. The Hall–Kier alpha value is -0.120. The second-order valence-corrected chi connectivity index (χ2v) is 3.06. The lowest BCUT2D eigenvalue weighted by Crippen LogP contribution is -2.31. The van der Waals surface area contributed by atoms with E-state index < -0.39 is 0 Å². The van der Waals surface area contributed by atoms with E-state index in [4.69, 9.17) is 14.6 Å². The van der Waals surface area contributed by atoms with Gasteiger partial charge in [0.1, 0.15) is 0 Å². The first kappa shape index (κ1) is 8.97. The van der Waals surface area contributed by atoms with Gasteiger partial charge >= 0.3 is 0 Å². The molecule has 0 bridgehead atoms. The van der Waals surface area contributed by atoms with Gasteiger partial charge in [0.2, 0.25) is 0 Å². The summed E-state index contributed by atoms with van der Waals surface area (Å²) in [5.74, 6) is 0.183. The summed E-state index contributed by atoms with van der Waals surface area (Å²) in [4.78, 5) is 0. The zero-order chi connectivity index (χ0) is 8.27. The molecular formula is C8H16O3. The van der Waals surface area contributed by atoms with Crippen LogP contribution in [-0.2, 0) is 9.47 Å². The second-order valence-electron chi connectivity index (χ2n) is 3.06. The summed E-state index contributed by atoms with van der Waals surface area (Å²) < 4.78 is 10.6. The van der Waals surface area contributed by atoms with Gasteiger partial charge in [-0.15, -0.1) is 0 Å². The molecule has 0 saturated carbocycles. The summed E-state index contributed by atoms with van der Waals surface area (Å²) in [5.41, 5.74) is 0. The summed E-state index contributed by atoms with van der Waals surface area (Å²) >= 11 is 0. The van der Waals surface area contributed by atoms with E-state index in [1.54, 1.807) is 7.11 Å². The Kier molecular flexibility index (Phi) is 3.30. The van der Waals surface area contributed by atoms with Gasteiger partial charge in [0.05, 0.1) is 12.2 Å². The third-order valence-corrected chi connectivity index (χ3v) is 2.23. The monoisotopic (exact) mass is 160 g/mol. The van der Waals surface area contributed by atoms with Gasteiger partial charge in [-0.05, 0) is 6.42 Å². The SMILES string of the molecule is CO[C@@H]1CCO[C@H]1[C@@H](C)CO. The van der Waals surface area contributed by atoms with E-state index in [0.717, 1.165) is 13.0 Å². The lowest BCUT2D eigenvalue weighted by molar-refractivity contribution is -0.0266. The molecule has 1 heterocycles. The summed E-state index contributed by atoms with van der Waals surface area (Å²) in [5, 5.41) is 8.87. The average molecular weight is 160 g/mol. The lowest BCUT2D eigenvalue weighted by atomic mass is 10.0. The van der Waals surface area contributed by atoms with E-state index >= 15 is 0 Å². The first-order chi connectivity index (χ1) is 5.29. The average Bonchev–Trinajstić information content (AvgIpc) is 2.50. The smallest absolute Gasteiger partial charge is 0.0884 e. The number of hydrogen-bond acceptors (Lipinski definition) is 3. The maximum absolute atomic E-state index is 8.87. The molecule has 1 fully saturated rings. The van der Waals surface area contributed by atoms with Crippen LogP contribution < -0.4 is 0 Å². The van der Waals surface area contributed by atoms with Crippen LogP contribution in [0.2, 0.25) is 0 Å². The molecule has 0 spiro atoms. The van der Waals surface area contributed by atoms with E-state index in [0.29, 0.717) is 0 Å². The van der Waals surface area contributed by atoms with Crippen LogP contribution in [0, 0.1) is 5.92 Å². The normalized spacial score (nSPS) is 34.1. The fraction of sp³-hybridized carbons (Fsp3) is 1.00. The molecular weight excluding hydrogens is 144 g/mol. The second kappa shape index (κ2) is 4.04. The van der Waals surface area contributed by atoms with E-state index in [2.05, 4.69) is 0 Å². The summed E-state index contributed by atoms with van der Waals surface area (Å²) in [6.07, 6.45) is 1.22. The molecule has 11 heavy (non-hydrogen) atoms. The Morgan fingerprint density at radius 3 is 3.00 bits per heavy atom. The third kappa shape index (κ3) is 1.92. The van der Waals surface area contributed by atoms with Gasteiger partial charge in [0.25, 0.3) is 0 Å². The van der Waals surface area contributed by atoms with Gasteiger partial charge in [0.15, 0.2) is 0 Å². The topological polar surface area (TPSA) is 38.7 Å². The summed E-state index contributed by atoms with van der Waals surface area (Å²) in [6, 6.07) is 0. The van der Waals surface area contributed by atoms with Crippen molar-refractivity contribution in [3.05, 3.63) is 0 Å². The molecule has 0 unspecified atom stereocenters. The lowest BCUT2D eigenvalue weighted by Gasteiger charge is -2.21. The minimum absolute atomic E-state index is 0.0880.